The number of carbonyl (C=O) groups excluding carboxylic acids is 1. The van der Waals surface area contributed by atoms with Gasteiger partial charge in [0.1, 0.15) is 0 Å². The maximum absolute atomic E-state index is 11.5. The van der Waals surface area contributed by atoms with Crippen LogP contribution in [0.25, 0.3) is 0 Å². The van der Waals surface area contributed by atoms with Gasteiger partial charge in [-0.05, 0) is 12.1 Å². The summed E-state index contributed by atoms with van der Waals surface area (Å²) in [6.45, 7) is 2.91. The number of Topliss-reactive ketones (excluding diaryl/α,β-unsaturated/α-hetero) is 1. The maximum Gasteiger partial charge on any atom is 0.253 e. The molecule has 1 fully saturated rings. The van der Waals surface area contributed by atoms with Gasteiger partial charge in [-0.15, -0.1) is 0 Å². The van der Waals surface area contributed by atoms with Gasteiger partial charge in [0, 0.05) is 31.3 Å². The maximum atomic E-state index is 11.5. The van der Waals surface area contributed by atoms with Crippen molar-refractivity contribution in [1.82, 2.24) is 9.88 Å². The van der Waals surface area contributed by atoms with E-state index in [1.165, 1.54) is 0 Å². The van der Waals surface area contributed by atoms with E-state index in [1.807, 2.05) is 4.90 Å². The number of H-pyrrole nitrogens is 1. The van der Waals surface area contributed by atoms with Gasteiger partial charge in [0.25, 0.3) is 5.78 Å². The van der Waals surface area contributed by atoms with Crippen LogP contribution in [0.4, 0.5) is 0 Å². The van der Waals surface area contributed by atoms with Crippen LogP contribution in [0.3, 0.4) is 0 Å². The van der Waals surface area contributed by atoms with Crippen molar-refractivity contribution < 1.29 is 9.53 Å². The summed E-state index contributed by atoms with van der Waals surface area (Å²) in [7, 11) is 0. The first-order chi connectivity index (χ1) is 7.36. The molecule has 2 rings (SSSR count). The predicted octanol–water partition coefficient (Wildman–Crippen LogP) is 0.490. The van der Waals surface area contributed by atoms with E-state index >= 15 is 0 Å². The Balaban J connectivity index is 1.96. The lowest BCUT2D eigenvalue weighted by atomic mass is 10.3. The van der Waals surface area contributed by atoms with Gasteiger partial charge in [-0.1, -0.05) is 0 Å². The van der Waals surface area contributed by atoms with E-state index in [4.69, 9.17) is 4.74 Å². The lowest BCUT2D eigenvalue weighted by molar-refractivity contribution is 0.0637. The molecule has 0 bridgehead atoms. The van der Waals surface area contributed by atoms with Crippen molar-refractivity contribution in [3.8, 4) is 12.0 Å². The molecule has 0 unspecified atom stereocenters. The molecular formula is C11H12N2O2. The number of hydrogen-bond donors (Lipinski definition) is 1. The highest BCUT2D eigenvalue weighted by molar-refractivity contribution is 6.07. The van der Waals surface area contributed by atoms with Gasteiger partial charge < -0.3 is 14.6 Å². The molecule has 1 N–H and O–H groups in total. The standard InChI is InChI=1S/C11H12N2O2/c14-11(10-2-1-4-12-10)3-5-13-6-8-15-9-7-13/h1-2,4,12H,6-9H2. The first-order valence-corrected chi connectivity index (χ1v) is 4.88. The van der Waals surface area contributed by atoms with Crippen molar-refractivity contribution in [1.29, 1.82) is 0 Å². The van der Waals surface area contributed by atoms with Crippen LogP contribution >= 0.6 is 0 Å². The topological polar surface area (TPSA) is 45.3 Å². The second-order valence-corrected chi connectivity index (χ2v) is 3.25. The number of carbonyl (C=O) groups is 1. The molecule has 4 heteroatoms. The van der Waals surface area contributed by atoms with Gasteiger partial charge >= 0.3 is 0 Å². The van der Waals surface area contributed by atoms with Crippen molar-refractivity contribution in [2.24, 2.45) is 0 Å². The van der Waals surface area contributed by atoms with Crippen molar-refractivity contribution in [2.75, 3.05) is 26.3 Å². The minimum atomic E-state index is -0.175. The van der Waals surface area contributed by atoms with Crippen molar-refractivity contribution in [2.45, 2.75) is 0 Å². The third-order valence-electron chi connectivity index (χ3n) is 2.18. The zero-order chi connectivity index (χ0) is 10.5. The summed E-state index contributed by atoms with van der Waals surface area (Å²) in [6, 6.07) is 6.34. The number of ether oxygens (including phenoxy) is 1. The zero-order valence-corrected chi connectivity index (χ0v) is 8.32. The Labute approximate surface area is 88.2 Å². The SMILES string of the molecule is O=C(C#CN1CCOCC1)c1ccc[nH]1. The Morgan fingerprint density at radius 3 is 2.93 bits per heavy atom. The Bertz CT molecular complexity index is 380. The summed E-state index contributed by atoms with van der Waals surface area (Å²) in [6.07, 6.45) is 1.71. The second kappa shape index (κ2) is 4.67. The monoisotopic (exact) mass is 204 g/mol. The molecule has 0 saturated carbocycles. The van der Waals surface area contributed by atoms with Crippen LogP contribution in [0.2, 0.25) is 0 Å². The number of aromatic nitrogens is 1. The number of ketones is 1. The van der Waals surface area contributed by atoms with Crippen molar-refractivity contribution in [3.63, 3.8) is 0 Å². The van der Waals surface area contributed by atoms with Crippen LogP contribution in [0.15, 0.2) is 18.3 Å². The van der Waals surface area contributed by atoms with E-state index < -0.39 is 0 Å². The third kappa shape index (κ3) is 2.61. The molecule has 1 saturated heterocycles. The van der Waals surface area contributed by atoms with E-state index in [1.54, 1.807) is 18.3 Å². The molecule has 1 aliphatic heterocycles. The number of morpholine rings is 1. The molecule has 1 aromatic rings. The molecule has 0 radical (unpaired) electrons. The fraction of sp³-hybridized carbons (Fsp3) is 0.364. The highest BCUT2D eigenvalue weighted by Gasteiger charge is 2.06. The van der Waals surface area contributed by atoms with Gasteiger partial charge in [0.2, 0.25) is 0 Å². The van der Waals surface area contributed by atoms with Gasteiger partial charge in [0.15, 0.2) is 0 Å². The highest BCUT2D eigenvalue weighted by Crippen LogP contribution is 1.96. The predicted molar refractivity (Wildman–Crippen MR) is 55.3 cm³/mol. The normalized spacial score (nSPS) is 15.6. The first kappa shape index (κ1) is 9.81. The molecule has 0 atom stereocenters. The Hall–Kier alpha value is -1.73. The lowest BCUT2D eigenvalue weighted by Gasteiger charge is -2.22. The molecule has 78 valence electrons. The first-order valence-electron chi connectivity index (χ1n) is 4.88. The third-order valence-corrected chi connectivity index (χ3v) is 2.18. The van der Waals surface area contributed by atoms with Crippen molar-refractivity contribution in [3.05, 3.63) is 24.0 Å². The van der Waals surface area contributed by atoms with Crippen LogP contribution in [-0.2, 0) is 4.74 Å². The molecule has 1 aromatic heterocycles. The van der Waals surface area contributed by atoms with Gasteiger partial charge in [-0.25, -0.2) is 0 Å². The number of nitrogens with zero attached hydrogens (tertiary/aromatic N) is 1. The minimum absolute atomic E-state index is 0.175. The number of nitrogens with one attached hydrogen (secondary N) is 1. The van der Waals surface area contributed by atoms with Gasteiger partial charge in [-0.2, -0.15) is 0 Å². The smallest absolute Gasteiger partial charge is 0.253 e. The van der Waals surface area contributed by atoms with E-state index in [2.05, 4.69) is 16.9 Å². The molecule has 0 spiro atoms. The Kier molecular flexibility index (Phi) is 3.05. The average molecular weight is 204 g/mol. The fourth-order valence-corrected chi connectivity index (χ4v) is 1.34. The molecule has 15 heavy (non-hydrogen) atoms. The number of aromatic amines is 1. The van der Waals surface area contributed by atoms with Crippen LogP contribution in [0, 0.1) is 12.0 Å². The molecule has 0 aromatic carbocycles. The largest absolute Gasteiger partial charge is 0.378 e. The minimum Gasteiger partial charge on any atom is -0.378 e. The summed E-state index contributed by atoms with van der Waals surface area (Å²) in [5, 5.41) is 0. The molecular weight excluding hydrogens is 192 g/mol. The van der Waals surface area contributed by atoms with Crippen LogP contribution in [0.5, 0.6) is 0 Å². The molecule has 0 aliphatic carbocycles. The Morgan fingerprint density at radius 1 is 1.47 bits per heavy atom. The zero-order valence-electron chi connectivity index (χ0n) is 8.32. The van der Waals surface area contributed by atoms with E-state index in [-0.39, 0.29) is 5.78 Å². The number of hydrogen-bond acceptors (Lipinski definition) is 3. The number of rotatable bonds is 1. The van der Waals surface area contributed by atoms with Crippen LogP contribution < -0.4 is 0 Å². The molecule has 2 heterocycles. The summed E-state index contributed by atoms with van der Waals surface area (Å²) in [5.41, 5.74) is 0.538. The van der Waals surface area contributed by atoms with Crippen LogP contribution in [0.1, 0.15) is 10.5 Å². The lowest BCUT2D eigenvalue weighted by Crippen LogP contribution is -2.32. The molecule has 4 nitrogen and oxygen atoms in total. The Morgan fingerprint density at radius 2 is 2.27 bits per heavy atom. The quantitative estimate of drug-likeness (QED) is 0.535. The van der Waals surface area contributed by atoms with E-state index in [0.29, 0.717) is 18.9 Å². The molecule has 0 amide bonds. The van der Waals surface area contributed by atoms with Crippen LogP contribution in [-0.4, -0.2) is 42.0 Å². The van der Waals surface area contributed by atoms with E-state index in [0.717, 1.165) is 13.1 Å². The van der Waals surface area contributed by atoms with Gasteiger partial charge in [0.05, 0.1) is 18.9 Å². The fourth-order valence-electron chi connectivity index (χ4n) is 1.34. The summed E-state index contributed by atoms with van der Waals surface area (Å²) in [4.78, 5) is 16.2. The average Bonchev–Trinajstić information content (AvgIpc) is 2.81. The summed E-state index contributed by atoms with van der Waals surface area (Å²) >= 11 is 0. The molecule has 1 aliphatic rings. The van der Waals surface area contributed by atoms with E-state index in [9.17, 15) is 4.79 Å². The van der Waals surface area contributed by atoms with Gasteiger partial charge in [-0.3, -0.25) is 4.79 Å². The van der Waals surface area contributed by atoms with Crippen molar-refractivity contribution >= 4 is 5.78 Å². The second-order valence-electron chi connectivity index (χ2n) is 3.25. The summed E-state index contributed by atoms with van der Waals surface area (Å²) < 4.78 is 5.18. The summed E-state index contributed by atoms with van der Waals surface area (Å²) in [5.74, 6) is 2.43. The highest BCUT2D eigenvalue weighted by atomic mass is 16.5.